The standard InChI is InChI=1S/C13H11NO4Se/c15-13(14-10-6-2-1-3-7-10)11-8-4-5-9-12(11)19(16,17)18/h1-9H,(H,14,15)(H,16,17,18). The normalized spacial score (nSPS) is 11.0. The molecular formula is C13H11NO4Se. The van der Waals surface area contributed by atoms with Crippen LogP contribution in [0.1, 0.15) is 10.4 Å². The second-order valence-corrected chi connectivity index (χ2v) is 6.71. The van der Waals surface area contributed by atoms with E-state index in [-0.39, 0.29) is 10.0 Å². The number of amides is 1. The Hall–Kier alpha value is -2.01. The van der Waals surface area contributed by atoms with Crippen molar-refractivity contribution >= 4 is 29.1 Å². The summed E-state index contributed by atoms with van der Waals surface area (Å²) in [6.07, 6.45) is 0. The van der Waals surface area contributed by atoms with Gasteiger partial charge in [-0.05, 0) is 0 Å². The van der Waals surface area contributed by atoms with E-state index in [1.807, 2.05) is 0 Å². The van der Waals surface area contributed by atoms with Crippen LogP contribution in [0.15, 0.2) is 54.6 Å². The quantitative estimate of drug-likeness (QED) is 0.823. The molecule has 0 aromatic heterocycles. The van der Waals surface area contributed by atoms with E-state index in [9.17, 15) is 12.5 Å². The molecule has 6 heteroatoms. The van der Waals surface area contributed by atoms with Gasteiger partial charge in [-0.2, -0.15) is 0 Å². The van der Waals surface area contributed by atoms with E-state index >= 15 is 0 Å². The Balaban J connectivity index is 2.35. The predicted molar refractivity (Wildman–Crippen MR) is 69.8 cm³/mol. The van der Waals surface area contributed by atoms with Crippen LogP contribution >= 0.6 is 0 Å². The van der Waals surface area contributed by atoms with Gasteiger partial charge in [0, 0.05) is 0 Å². The van der Waals surface area contributed by atoms with Crippen LogP contribution in [-0.4, -0.2) is 23.1 Å². The summed E-state index contributed by atoms with van der Waals surface area (Å²) in [4.78, 5) is 12.0. The summed E-state index contributed by atoms with van der Waals surface area (Å²) in [6.45, 7) is 0. The van der Waals surface area contributed by atoms with E-state index in [0.29, 0.717) is 5.69 Å². The molecule has 2 aromatic rings. The van der Waals surface area contributed by atoms with E-state index in [0.717, 1.165) is 0 Å². The number of anilines is 1. The topological polar surface area (TPSA) is 83.5 Å². The van der Waals surface area contributed by atoms with Gasteiger partial charge in [0.15, 0.2) is 0 Å². The van der Waals surface area contributed by atoms with Crippen molar-refractivity contribution in [3.05, 3.63) is 60.2 Å². The Labute approximate surface area is 111 Å². The van der Waals surface area contributed by atoms with Gasteiger partial charge >= 0.3 is 111 Å². The zero-order valence-electron chi connectivity index (χ0n) is 9.78. The van der Waals surface area contributed by atoms with Crippen molar-refractivity contribution in [2.75, 3.05) is 5.32 Å². The van der Waals surface area contributed by atoms with Crippen molar-refractivity contribution in [2.45, 2.75) is 0 Å². The third-order valence-corrected chi connectivity index (χ3v) is 4.35. The average Bonchev–Trinajstić information content (AvgIpc) is 2.39. The molecule has 0 fully saturated rings. The number of nitrogens with one attached hydrogen (secondary N) is 1. The molecule has 2 rings (SSSR count). The maximum absolute atomic E-state index is 12.0. The third kappa shape index (κ3) is 3.26. The first-order valence-electron chi connectivity index (χ1n) is 5.41. The van der Waals surface area contributed by atoms with Crippen molar-refractivity contribution in [1.29, 1.82) is 0 Å². The molecule has 0 radical (unpaired) electrons. The number of para-hydroxylation sites is 1. The minimum absolute atomic E-state index is 0.0705. The van der Waals surface area contributed by atoms with E-state index < -0.39 is 18.9 Å². The summed E-state index contributed by atoms with van der Waals surface area (Å²) in [7, 11) is 0. The number of benzene rings is 2. The summed E-state index contributed by atoms with van der Waals surface area (Å²) < 4.78 is 31.3. The van der Waals surface area contributed by atoms with Gasteiger partial charge in [-0.1, -0.05) is 0 Å². The first-order chi connectivity index (χ1) is 8.98. The second kappa shape index (κ2) is 5.32. The molecule has 2 aromatic carbocycles. The summed E-state index contributed by atoms with van der Waals surface area (Å²) in [5, 5.41) is 2.57. The van der Waals surface area contributed by atoms with Crippen LogP contribution in [-0.2, 0) is 7.67 Å². The molecule has 0 saturated carbocycles. The molecule has 0 unspecified atom stereocenters. The van der Waals surface area contributed by atoms with Crippen molar-refractivity contribution in [1.82, 2.24) is 0 Å². The predicted octanol–water partition coefficient (Wildman–Crippen LogP) is 0.938. The van der Waals surface area contributed by atoms with Gasteiger partial charge in [-0.3, -0.25) is 0 Å². The zero-order valence-corrected chi connectivity index (χ0v) is 11.5. The van der Waals surface area contributed by atoms with Gasteiger partial charge in [0.1, 0.15) is 0 Å². The third-order valence-electron chi connectivity index (χ3n) is 2.44. The molecule has 5 nitrogen and oxygen atoms in total. The van der Waals surface area contributed by atoms with Crippen LogP contribution in [0, 0.1) is 0 Å². The Bertz CT molecular complexity index is 696. The molecule has 0 spiro atoms. The Morgan fingerprint density at radius 2 is 1.53 bits per heavy atom. The van der Waals surface area contributed by atoms with Gasteiger partial charge in [-0.25, -0.2) is 0 Å². The number of rotatable bonds is 3. The fourth-order valence-corrected chi connectivity index (χ4v) is 3.05. The molecular weight excluding hydrogens is 313 g/mol. The van der Waals surface area contributed by atoms with Crippen LogP contribution in [0.2, 0.25) is 0 Å². The molecule has 0 heterocycles. The van der Waals surface area contributed by atoms with E-state index in [2.05, 4.69) is 5.32 Å². The van der Waals surface area contributed by atoms with Crippen LogP contribution in [0.4, 0.5) is 5.69 Å². The van der Waals surface area contributed by atoms with Gasteiger partial charge in [0.05, 0.1) is 0 Å². The zero-order chi connectivity index (χ0) is 13.9. The van der Waals surface area contributed by atoms with Crippen LogP contribution in [0.25, 0.3) is 0 Å². The van der Waals surface area contributed by atoms with Crippen LogP contribution in [0.3, 0.4) is 0 Å². The fourth-order valence-electron chi connectivity index (χ4n) is 1.60. The van der Waals surface area contributed by atoms with Crippen LogP contribution < -0.4 is 9.78 Å². The number of hydrogen-bond acceptors (Lipinski definition) is 3. The molecule has 0 atom stereocenters. The van der Waals surface area contributed by atoms with Gasteiger partial charge in [-0.15, -0.1) is 0 Å². The van der Waals surface area contributed by atoms with Gasteiger partial charge in [0.2, 0.25) is 0 Å². The molecule has 2 N–H and O–H groups in total. The molecule has 98 valence electrons. The molecule has 0 bridgehead atoms. The molecule has 19 heavy (non-hydrogen) atoms. The molecule has 0 aliphatic carbocycles. The molecule has 0 saturated heterocycles. The Morgan fingerprint density at radius 3 is 2.16 bits per heavy atom. The Kier molecular flexibility index (Phi) is 3.76. The summed E-state index contributed by atoms with van der Waals surface area (Å²) in [5.74, 6) is -0.580. The van der Waals surface area contributed by atoms with Crippen molar-refractivity contribution in [2.24, 2.45) is 0 Å². The number of carbonyl (C=O) groups excluding carboxylic acids is 1. The van der Waals surface area contributed by atoms with Crippen molar-refractivity contribution in [3.63, 3.8) is 0 Å². The summed E-state index contributed by atoms with van der Waals surface area (Å²) >= 11 is -5.20. The van der Waals surface area contributed by atoms with Crippen molar-refractivity contribution < 1.29 is 16.7 Å². The molecule has 0 aliphatic heterocycles. The minimum atomic E-state index is -5.20. The maximum atomic E-state index is 12.0. The average molecular weight is 324 g/mol. The van der Waals surface area contributed by atoms with Crippen molar-refractivity contribution in [3.8, 4) is 0 Å². The van der Waals surface area contributed by atoms with Crippen LogP contribution in [0.5, 0.6) is 0 Å². The number of carbonyl (C=O) groups is 1. The summed E-state index contributed by atoms with van der Waals surface area (Å²) in [6, 6.07) is 14.2. The van der Waals surface area contributed by atoms with Gasteiger partial charge < -0.3 is 0 Å². The summed E-state index contributed by atoms with van der Waals surface area (Å²) in [5.41, 5.74) is 0.477. The van der Waals surface area contributed by atoms with E-state index in [1.165, 1.54) is 24.3 Å². The molecule has 1 amide bonds. The monoisotopic (exact) mass is 325 g/mol. The fraction of sp³-hybridized carbons (Fsp3) is 0. The Morgan fingerprint density at radius 1 is 0.947 bits per heavy atom. The first-order valence-corrected chi connectivity index (χ1v) is 8.43. The van der Waals surface area contributed by atoms with E-state index in [1.54, 1.807) is 30.3 Å². The van der Waals surface area contributed by atoms with E-state index in [4.69, 9.17) is 4.19 Å². The number of hydrogen-bond donors (Lipinski definition) is 2. The first kappa shape index (κ1) is 13.4. The van der Waals surface area contributed by atoms with Gasteiger partial charge in [0.25, 0.3) is 0 Å². The second-order valence-electron chi connectivity index (χ2n) is 3.79. The molecule has 0 aliphatic rings. The SMILES string of the molecule is O=C(Nc1ccccc1)c1ccccc1[Se](=O)(=O)O.